The Morgan fingerprint density at radius 3 is 2.54 bits per heavy atom. The van der Waals surface area contributed by atoms with Crippen LogP contribution < -0.4 is 21.3 Å². The quantitative estimate of drug-likeness (QED) is 0.738. The highest BCUT2D eigenvalue weighted by atomic mass is 16.2. The van der Waals surface area contributed by atoms with Crippen LogP contribution in [0, 0.1) is 0 Å². The van der Waals surface area contributed by atoms with E-state index in [2.05, 4.69) is 15.5 Å². The molecule has 0 saturated carbocycles. The number of rotatable bonds is 4. The normalized spacial score (nSPS) is 14.3. The lowest BCUT2D eigenvalue weighted by molar-refractivity contribution is -0.117. The van der Waals surface area contributed by atoms with E-state index in [0.717, 1.165) is 36.3 Å². The molecule has 3 rings (SSSR count). The number of fused-ring (bicyclic) bond motifs is 1. The third-order valence-electron chi connectivity index (χ3n) is 4.62. The number of carbonyl (C=O) groups excluding carboxylic acids is 2. The van der Waals surface area contributed by atoms with Crippen molar-refractivity contribution >= 4 is 34.6 Å². The number of nitrogens with zero attached hydrogens (tertiary/aromatic N) is 1. The summed E-state index contributed by atoms with van der Waals surface area (Å²) in [6.45, 7) is 4.16. The van der Waals surface area contributed by atoms with Crippen LogP contribution in [-0.4, -0.2) is 24.4 Å². The largest absolute Gasteiger partial charge is 0.398 e. The van der Waals surface area contributed by atoms with Crippen molar-refractivity contribution in [3.05, 3.63) is 48.0 Å². The van der Waals surface area contributed by atoms with Crippen LogP contribution in [0.5, 0.6) is 0 Å². The number of nitrogens with two attached hydrogens (primary N) is 1. The van der Waals surface area contributed by atoms with Crippen LogP contribution in [0.3, 0.4) is 0 Å². The van der Waals surface area contributed by atoms with Gasteiger partial charge in [0.25, 0.3) is 0 Å². The van der Waals surface area contributed by atoms with E-state index in [1.807, 2.05) is 25.1 Å². The predicted octanol–water partition coefficient (Wildman–Crippen LogP) is 3.01. The van der Waals surface area contributed by atoms with Crippen molar-refractivity contribution in [3.8, 4) is 0 Å². The molecular weight excluding hydrogens is 328 g/mol. The second kappa shape index (κ2) is 7.47. The zero-order chi connectivity index (χ0) is 18.7. The lowest BCUT2D eigenvalue weighted by Gasteiger charge is -2.36. The number of anilines is 4. The zero-order valence-corrected chi connectivity index (χ0v) is 15.1. The molecule has 2 amide bonds. The van der Waals surface area contributed by atoms with E-state index in [9.17, 15) is 9.59 Å². The lowest BCUT2D eigenvalue weighted by Crippen LogP contribution is -2.44. The van der Waals surface area contributed by atoms with E-state index in [-0.39, 0.29) is 17.9 Å². The van der Waals surface area contributed by atoms with Crippen molar-refractivity contribution in [2.75, 3.05) is 27.8 Å². The minimum Gasteiger partial charge on any atom is -0.398 e. The van der Waals surface area contributed by atoms with Crippen LogP contribution in [0.25, 0.3) is 0 Å². The number of benzene rings is 2. The molecule has 0 bridgehead atoms. The molecule has 1 atom stereocenters. The Labute approximate surface area is 153 Å². The summed E-state index contributed by atoms with van der Waals surface area (Å²) in [5.41, 5.74) is 10.3. The molecule has 26 heavy (non-hydrogen) atoms. The molecule has 2 aromatic rings. The SMILES string of the molecule is CC(=O)Nc1cccc(NC(=O)C(C)N2CCCc3c(N)cccc32)c1. The molecule has 1 heterocycles. The smallest absolute Gasteiger partial charge is 0.246 e. The van der Waals surface area contributed by atoms with Gasteiger partial charge in [0.05, 0.1) is 0 Å². The van der Waals surface area contributed by atoms with Gasteiger partial charge in [-0.1, -0.05) is 12.1 Å². The van der Waals surface area contributed by atoms with E-state index in [1.54, 1.807) is 24.3 Å². The molecule has 4 N–H and O–H groups in total. The fourth-order valence-corrected chi connectivity index (χ4v) is 3.35. The highest BCUT2D eigenvalue weighted by Crippen LogP contribution is 2.32. The van der Waals surface area contributed by atoms with Crippen LogP contribution in [-0.2, 0) is 16.0 Å². The van der Waals surface area contributed by atoms with Gasteiger partial charge < -0.3 is 21.3 Å². The van der Waals surface area contributed by atoms with Gasteiger partial charge in [-0.3, -0.25) is 9.59 Å². The summed E-state index contributed by atoms with van der Waals surface area (Å²) >= 11 is 0. The van der Waals surface area contributed by atoms with Crippen molar-refractivity contribution in [1.29, 1.82) is 0 Å². The molecule has 1 unspecified atom stereocenters. The Bertz CT molecular complexity index is 834. The second-order valence-corrected chi connectivity index (χ2v) is 6.57. The summed E-state index contributed by atoms with van der Waals surface area (Å²) in [6, 6.07) is 12.6. The van der Waals surface area contributed by atoms with Crippen molar-refractivity contribution in [3.63, 3.8) is 0 Å². The molecule has 6 heteroatoms. The molecule has 0 aliphatic carbocycles. The van der Waals surface area contributed by atoms with Gasteiger partial charge in [-0.15, -0.1) is 0 Å². The molecule has 1 aliphatic heterocycles. The number of nitrogens with one attached hydrogen (secondary N) is 2. The number of nitrogen functional groups attached to an aromatic ring is 1. The summed E-state index contributed by atoms with van der Waals surface area (Å²) in [7, 11) is 0. The third kappa shape index (κ3) is 3.79. The van der Waals surface area contributed by atoms with Gasteiger partial charge in [0.1, 0.15) is 6.04 Å². The summed E-state index contributed by atoms with van der Waals surface area (Å²) < 4.78 is 0. The fourth-order valence-electron chi connectivity index (χ4n) is 3.35. The Morgan fingerprint density at radius 1 is 1.12 bits per heavy atom. The summed E-state index contributed by atoms with van der Waals surface area (Å²) in [5, 5.41) is 5.65. The van der Waals surface area contributed by atoms with Gasteiger partial charge >= 0.3 is 0 Å². The van der Waals surface area contributed by atoms with Crippen molar-refractivity contribution in [1.82, 2.24) is 0 Å². The van der Waals surface area contributed by atoms with Gasteiger partial charge in [-0.2, -0.15) is 0 Å². The molecule has 2 aromatic carbocycles. The maximum atomic E-state index is 12.8. The Hall–Kier alpha value is -3.02. The first-order valence-corrected chi connectivity index (χ1v) is 8.78. The number of hydrogen-bond acceptors (Lipinski definition) is 4. The molecule has 0 spiro atoms. The molecule has 136 valence electrons. The topological polar surface area (TPSA) is 87.5 Å². The van der Waals surface area contributed by atoms with Gasteiger partial charge in [0, 0.05) is 36.2 Å². The Balaban J connectivity index is 1.75. The second-order valence-electron chi connectivity index (χ2n) is 6.57. The Kier molecular flexibility index (Phi) is 5.11. The van der Waals surface area contributed by atoms with Gasteiger partial charge in [0.15, 0.2) is 0 Å². The van der Waals surface area contributed by atoms with Crippen molar-refractivity contribution < 1.29 is 9.59 Å². The molecular formula is C20H24N4O2. The number of amides is 2. The average molecular weight is 352 g/mol. The summed E-state index contributed by atoms with van der Waals surface area (Å²) in [5.74, 6) is -0.246. The van der Waals surface area contributed by atoms with Crippen LogP contribution in [0.15, 0.2) is 42.5 Å². The number of hydrogen-bond donors (Lipinski definition) is 3. The van der Waals surface area contributed by atoms with Crippen LogP contribution >= 0.6 is 0 Å². The summed E-state index contributed by atoms with van der Waals surface area (Å²) in [4.78, 5) is 26.1. The third-order valence-corrected chi connectivity index (χ3v) is 4.62. The minimum atomic E-state index is -0.333. The van der Waals surface area contributed by atoms with E-state index in [1.165, 1.54) is 6.92 Å². The molecule has 0 radical (unpaired) electrons. The molecule has 1 aliphatic rings. The van der Waals surface area contributed by atoms with Crippen molar-refractivity contribution in [2.45, 2.75) is 32.7 Å². The fraction of sp³-hybridized carbons (Fsp3) is 0.300. The zero-order valence-electron chi connectivity index (χ0n) is 15.1. The first-order valence-electron chi connectivity index (χ1n) is 8.78. The van der Waals surface area contributed by atoms with E-state index in [4.69, 9.17) is 5.73 Å². The monoisotopic (exact) mass is 352 g/mol. The average Bonchev–Trinajstić information content (AvgIpc) is 2.61. The standard InChI is InChI=1S/C20H24N4O2/c1-13(24-11-5-8-17-18(21)9-4-10-19(17)24)20(26)23-16-7-3-6-15(12-16)22-14(2)25/h3-4,6-7,9-10,12-13H,5,8,11,21H2,1-2H3,(H,22,25)(H,23,26). The van der Waals surface area contributed by atoms with Gasteiger partial charge in [0.2, 0.25) is 11.8 Å². The van der Waals surface area contributed by atoms with E-state index in [0.29, 0.717) is 11.4 Å². The van der Waals surface area contributed by atoms with Crippen LogP contribution in [0.1, 0.15) is 25.8 Å². The first-order chi connectivity index (χ1) is 12.5. The van der Waals surface area contributed by atoms with Crippen LogP contribution in [0.4, 0.5) is 22.7 Å². The molecule has 0 fully saturated rings. The van der Waals surface area contributed by atoms with E-state index >= 15 is 0 Å². The highest BCUT2D eigenvalue weighted by Gasteiger charge is 2.27. The highest BCUT2D eigenvalue weighted by molar-refractivity contribution is 5.98. The predicted molar refractivity (Wildman–Crippen MR) is 105 cm³/mol. The van der Waals surface area contributed by atoms with Gasteiger partial charge in [-0.05, 0) is 55.7 Å². The molecule has 6 nitrogen and oxygen atoms in total. The van der Waals surface area contributed by atoms with Crippen molar-refractivity contribution in [2.24, 2.45) is 0 Å². The number of carbonyl (C=O) groups is 2. The lowest BCUT2D eigenvalue weighted by atomic mass is 9.98. The maximum absolute atomic E-state index is 12.8. The molecule has 0 aromatic heterocycles. The van der Waals surface area contributed by atoms with E-state index < -0.39 is 0 Å². The van der Waals surface area contributed by atoms with Gasteiger partial charge in [-0.25, -0.2) is 0 Å². The maximum Gasteiger partial charge on any atom is 0.246 e. The minimum absolute atomic E-state index is 0.0970. The Morgan fingerprint density at radius 2 is 1.81 bits per heavy atom. The van der Waals surface area contributed by atoms with Crippen LogP contribution in [0.2, 0.25) is 0 Å². The summed E-state index contributed by atoms with van der Waals surface area (Å²) in [6.07, 6.45) is 1.91. The molecule has 0 saturated heterocycles. The first kappa shape index (κ1) is 17.8.